The zero-order chi connectivity index (χ0) is 12.1. The molecular formula is C14H28N2O. The number of ether oxygens (including phenoxy) is 1. The van der Waals surface area contributed by atoms with Crippen molar-refractivity contribution in [3.63, 3.8) is 0 Å². The Labute approximate surface area is 106 Å². The summed E-state index contributed by atoms with van der Waals surface area (Å²) in [5.74, 6) is 1.57. The van der Waals surface area contributed by atoms with Crippen LogP contribution in [0.5, 0.6) is 0 Å². The van der Waals surface area contributed by atoms with Gasteiger partial charge in [-0.25, -0.2) is 0 Å². The molecule has 0 aromatic rings. The van der Waals surface area contributed by atoms with Gasteiger partial charge in [0.15, 0.2) is 0 Å². The second-order valence-corrected chi connectivity index (χ2v) is 5.87. The van der Waals surface area contributed by atoms with E-state index < -0.39 is 0 Å². The van der Waals surface area contributed by atoms with Crippen LogP contribution in [-0.4, -0.2) is 44.3 Å². The Hall–Kier alpha value is -0.120. The molecule has 3 nitrogen and oxygen atoms in total. The molecule has 100 valence electrons. The minimum Gasteiger partial charge on any atom is -0.381 e. The molecule has 2 rings (SSSR count). The number of nitrogens with zero attached hydrogens (tertiary/aromatic N) is 1. The van der Waals surface area contributed by atoms with Gasteiger partial charge >= 0.3 is 0 Å². The van der Waals surface area contributed by atoms with Gasteiger partial charge < -0.3 is 15.4 Å². The van der Waals surface area contributed by atoms with Crippen LogP contribution in [0.4, 0.5) is 0 Å². The van der Waals surface area contributed by atoms with Gasteiger partial charge in [0, 0.05) is 25.7 Å². The van der Waals surface area contributed by atoms with E-state index in [0.29, 0.717) is 6.04 Å². The molecule has 17 heavy (non-hydrogen) atoms. The van der Waals surface area contributed by atoms with Gasteiger partial charge in [0.25, 0.3) is 0 Å². The van der Waals surface area contributed by atoms with E-state index in [0.717, 1.165) is 31.6 Å². The van der Waals surface area contributed by atoms with Crippen molar-refractivity contribution >= 4 is 0 Å². The lowest BCUT2D eigenvalue weighted by molar-refractivity contribution is 0.0319. The fraction of sp³-hybridized carbons (Fsp3) is 1.00. The summed E-state index contributed by atoms with van der Waals surface area (Å²) in [6.45, 7) is 3.89. The Morgan fingerprint density at radius 1 is 1.24 bits per heavy atom. The standard InChI is InChI=1S/C14H28N2O/c1-16(10-12-5-4-8-17-11-12)14(9-15)13-6-2-3-7-13/h12-14H,2-11,15H2,1H3. The van der Waals surface area contributed by atoms with Crippen LogP contribution in [0, 0.1) is 11.8 Å². The number of likely N-dealkylation sites (N-methyl/N-ethyl adjacent to an activating group) is 1. The van der Waals surface area contributed by atoms with E-state index in [-0.39, 0.29) is 0 Å². The van der Waals surface area contributed by atoms with E-state index in [9.17, 15) is 0 Å². The summed E-state index contributed by atoms with van der Waals surface area (Å²) in [6.07, 6.45) is 8.13. The molecule has 0 bridgehead atoms. The third-order valence-electron chi connectivity index (χ3n) is 4.55. The Morgan fingerprint density at radius 3 is 2.59 bits per heavy atom. The number of nitrogens with two attached hydrogens (primary N) is 1. The fourth-order valence-corrected chi connectivity index (χ4v) is 3.57. The van der Waals surface area contributed by atoms with Gasteiger partial charge in [0.2, 0.25) is 0 Å². The third-order valence-corrected chi connectivity index (χ3v) is 4.55. The normalized spacial score (nSPS) is 28.8. The van der Waals surface area contributed by atoms with Gasteiger partial charge in [-0.2, -0.15) is 0 Å². The molecular weight excluding hydrogens is 212 g/mol. The van der Waals surface area contributed by atoms with Crippen molar-refractivity contribution in [2.24, 2.45) is 17.6 Å². The second-order valence-electron chi connectivity index (χ2n) is 5.87. The molecule has 3 heteroatoms. The van der Waals surface area contributed by atoms with Gasteiger partial charge in [-0.1, -0.05) is 12.8 Å². The maximum atomic E-state index is 5.99. The van der Waals surface area contributed by atoms with E-state index in [1.165, 1.54) is 45.1 Å². The molecule has 2 N–H and O–H groups in total. The van der Waals surface area contributed by atoms with Crippen LogP contribution < -0.4 is 5.73 Å². The highest BCUT2D eigenvalue weighted by molar-refractivity contribution is 4.83. The maximum absolute atomic E-state index is 5.99. The zero-order valence-electron chi connectivity index (χ0n) is 11.2. The van der Waals surface area contributed by atoms with Gasteiger partial charge in [-0.05, 0) is 44.6 Å². The zero-order valence-corrected chi connectivity index (χ0v) is 11.2. The minimum atomic E-state index is 0.597. The molecule has 0 radical (unpaired) electrons. The van der Waals surface area contributed by atoms with Crippen LogP contribution in [0.3, 0.4) is 0 Å². The van der Waals surface area contributed by atoms with Crippen molar-refractivity contribution in [2.45, 2.75) is 44.6 Å². The largest absolute Gasteiger partial charge is 0.381 e. The van der Waals surface area contributed by atoms with Crippen LogP contribution in [0.25, 0.3) is 0 Å². The van der Waals surface area contributed by atoms with Gasteiger partial charge in [0.1, 0.15) is 0 Å². The molecule has 0 spiro atoms. The first-order valence-electron chi connectivity index (χ1n) is 7.29. The monoisotopic (exact) mass is 240 g/mol. The van der Waals surface area contributed by atoms with Crippen LogP contribution in [0.2, 0.25) is 0 Å². The average molecular weight is 240 g/mol. The highest BCUT2D eigenvalue weighted by Gasteiger charge is 2.28. The predicted octanol–water partition coefficient (Wildman–Crippen LogP) is 1.86. The average Bonchev–Trinajstić information content (AvgIpc) is 2.85. The predicted molar refractivity (Wildman–Crippen MR) is 71.0 cm³/mol. The van der Waals surface area contributed by atoms with E-state index in [2.05, 4.69) is 11.9 Å². The van der Waals surface area contributed by atoms with Crippen LogP contribution >= 0.6 is 0 Å². The first-order valence-corrected chi connectivity index (χ1v) is 7.29. The van der Waals surface area contributed by atoms with Gasteiger partial charge in [-0.3, -0.25) is 0 Å². The number of hydrogen-bond donors (Lipinski definition) is 1. The summed E-state index contributed by atoms with van der Waals surface area (Å²) in [5, 5.41) is 0. The molecule has 2 fully saturated rings. The number of rotatable bonds is 5. The van der Waals surface area contributed by atoms with E-state index in [1.54, 1.807) is 0 Å². The second kappa shape index (κ2) is 6.72. The lowest BCUT2D eigenvalue weighted by Crippen LogP contribution is -2.45. The highest BCUT2D eigenvalue weighted by Crippen LogP contribution is 2.30. The van der Waals surface area contributed by atoms with Crippen molar-refractivity contribution < 1.29 is 4.74 Å². The lowest BCUT2D eigenvalue weighted by Gasteiger charge is -2.35. The summed E-state index contributed by atoms with van der Waals surface area (Å²) in [6, 6.07) is 0.597. The molecule has 1 heterocycles. The molecule has 0 aromatic carbocycles. The molecule has 1 aliphatic heterocycles. The SMILES string of the molecule is CN(CC1CCCOC1)C(CN)C1CCCC1. The van der Waals surface area contributed by atoms with Gasteiger partial charge in [-0.15, -0.1) is 0 Å². The molecule has 1 aliphatic carbocycles. The third kappa shape index (κ3) is 3.67. The molecule has 2 unspecified atom stereocenters. The number of hydrogen-bond acceptors (Lipinski definition) is 3. The molecule has 0 amide bonds. The van der Waals surface area contributed by atoms with E-state index in [4.69, 9.17) is 10.5 Å². The van der Waals surface area contributed by atoms with Crippen molar-refractivity contribution in [1.29, 1.82) is 0 Å². The fourth-order valence-electron chi connectivity index (χ4n) is 3.57. The topological polar surface area (TPSA) is 38.5 Å². The summed E-state index contributed by atoms with van der Waals surface area (Å²) in [5.41, 5.74) is 5.99. The maximum Gasteiger partial charge on any atom is 0.0506 e. The first-order chi connectivity index (χ1) is 8.31. The Bertz CT molecular complexity index is 210. The lowest BCUT2D eigenvalue weighted by atomic mass is 9.94. The van der Waals surface area contributed by atoms with Crippen molar-refractivity contribution in [1.82, 2.24) is 4.90 Å². The van der Waals surface area contributed by atoms with Crippen molar-refractivity contribution in [3.8, 4) is 0 Å². The minimum absolute atomic E-state index is 0.597. The first kappa shape index (κ1) is 13.3. The quantitative estimate of drug-likeness (QED) is 0.797. The van der Waals surface area contributed by atoms with E-state index >= 15 is 0 Å². The molecule has 0 aromatic heterocycles. The highest BCUT2D eigenvalue weighted by atomic mass is 16.5. The summed E-state index contributed by atoms with van der Waals surface area (Å²) in [7, 11) is 2.25. The summed E-state index contributed by atoms with van der Waals surface area (Å²) >= 11 is 0. The van der Waals surface area contributed by atoms with Gasteiger partial charge in [0.05, 0.1) is 6.61 Å². The van der Waals surface area contributed by atoms with Crippen molar-refractivity contribution in [2.75, 3.05) is 33.4 Å². The summed E-state index contributed by atoms with van der Waals surface area (Å²) in [4.78, 5) is 2.51. The van der Waals surface area contributed by atoms with Crippen LogP contribution in [0.1, 0.15) is 38.5 Å². The van der Waals surface area contributed by atoms with Crippen molar-refractivity contribution in [3.05, 3.63) is 0 Å². The molecule has 1 saturated carbocycles. The van der Waals surface area contributed by atoms with E-state index in [1.807, 2.05) is 0 Å². The Balaban J connectivity index is 1.80. The Kier molecular flexibility index (Phi) is 5.26. The summed E-state index contributed by atoms with van der Waals surface area (Å²) < 4.78 is 5.56. The Morgan fingerprint density at radius 2 is 2.00 bits per heavy atom. The molecule has 1 saturated heterocycles. The van der Waals surface area contributed by atoms with Crippen LogP contribution in [0.15, 0.2) is 0 Å². The molecule has 2 atom stereocenters. The molecule has 2 aliphatic rings. The van der Waals surface area contributed by atoms with Crippen LogP contribution in [-0.2, 0) is 4.74 Å². The smallest absolute Gasteiger partial charge is 0.0506 e.